The third-order valence-corrected chi connectivity index (χ3v) is 5.65. The molecular weight excluding hydrogens is 401 g/mol. The standard InChI is InChI=1S/C27H22FN3O/c28-21-11-3-6-14-24(21)30-26(32)15-7-10-20-19-9-2-5-13-23(19)31-27(20)25-17-16-18-8-1-4-12-22(18)29-25/h1-6,8-9,11-14,16-17,31H,7,10,15H2,(H,30,32). The summed E-state index contributed by atoms with van der Waals surface area (Å²) in [6, 6.07) is 26.5. The number of carbonyl (C=O) groups excluding carboxylic acids is 1. The van der Waals surface area contributed by atoms with Crippen LogP contribution in [0, 0.1) is 5.82 Å². The lowest BCUT2D eigenvalue weighted by atomic mass is 10.0. The maximum Gasteiger partial charge on any atom is 0.224 e. The van der Waals surface area contributed by atoms with E-state index in [2.05, 4.69) is 22.4 Å². The molecule has 0 bridgehead atoms. The summed E-state index contributed by atoms with van der Waals surface area (Å²) in [4.78, 5) is 20.7. The van der Waals surface area contributed by atoms with Crippen LogP contribution in [0.2, 0.25) is 0 Å². The van der Waals surface area contributed by atoms with Crippen molar-refractivity contribution in [1.29, 1.82) is 0 Å². The second kappa shape index (κ2) is 8.63. The zero-order valence-corrected chi connectivity index (χ0v) is 17.4. The van der Waals surface area contributed by atoms with Crippen LogP contribution in [-0.2, 0) is 11.2 Å². The Hall–Kier alpha value is -3.99. The molecule has 32 heavy (non-hydrogen) atoms. The summed E-state index contributed by atoms with van der Waals surface area (Å²) in [5, 5.41) is 4.89. The van der Waals surface area contributed by atoms with Crippen LogP contribution in [0.1, 0.15) is 18.4 Å². The molecule has 4 nitrogen and oxygen atoms in total. The summed E-state index contributed by atoms with van der Waals surface area (Å²) in [5.41, 5.74) is 5.20. The van der Waals surface area contributed by atoms with Crippen LogP contribution in [0.15, 0.2) is 84.9 Å². The molecule has 5 rings (SSSR count). The Morgan fingerprint density at radius 3 is 2.59 bits per heavy atom. The fraction of sp³-hybridized carbons (Fsp3) is 0.111. The van der Waals surface area contributed by atoms with Gasteiger partial charge in [0.15, 0.2) is 0 Å². The second-order valence-corrected chi connectivity index (χ2v) is 7.79. The first-order chi connectivity index (χ1) is 15.7. The van der Waals surface area contributed by atoms with E-state index in [1.165, 1.54) is 6.07 Å². The highest BCUT2D eigenvalue weighted by atomic mass is 19.1. The van der Waals surface area contributed by atoms with Gasteiger partial charge in [0.1, 0.15) is 5.82 Å². The summed E-state index contributed by atoms with van der Waals surface area (Å²) < 4.78 is 13.8. The van der Waals surface area contributed by atoms with E-state index in [4.69, 9.17) is 4.98 Å². The first kappa shape index (κ1) is 19.9. The number of aromatic amines is 1. The Kier molecular flexibility index (Phi) is 5.38. The fourth-order valence-electron chi connectivity index (χ4n) is 4.08. The highest BCUT2D eigenvalue weighted by Crippen LogP contribution is 2.31. The van der Waals surface area contributed by atoms with E-state index in [0.29, 0.717) is 19.3 Å². The molecule has 158 valence electrons. The minimum Gasteiger partial charge on any atom is -0.353 e. The van der Waals surface area contributed by atoms with Crippen LogP contribution in [-0.4, -0.2) is 15.9 Å². The van der Waals surface area contributed by atoms with Crippen LogP contribution in [0.25, 0.3) is 33.2 Å². The quantitative estimate of drug-likeness (QED) is 0.328. The predicted octanol–water partition coefficient (Wildman–Crippen LogP) is 6.48. The highest BCUT2D eigenvalue weighted by Gasteiger charge is 2.15. The molecular formula is C27H22FN3O. The third-order valence-electron chi connectivity index (χ3n) is 5.65. The molecule has 2 N–H and O–H groups in total. The minimum atomic E-state index is -0.429. The second-order valence-electron chi connectivity index (χ2n) is 7.79. The van der Waals surface area contributed by atoms with Crippen molar-refractivity contribution in [2.24, 2.45) is 0 Å². The van der Waals surface area contributed by atoms with Crippen molar-refractivity contribution in [3.05, 3.63) is 96.3 Å². The molecule has 2 aromatic heterocycles. The van der Waals surface area contributed by atoms with E-state index in [0.717, 1.165) is 38.8 Å². The van der Waals surface area contributed by atoms with Crippen LogP contribution in [0.3, 0.4) is 0 Å². The number of carbonyl (C=O) groups is 1. The van der Waals surface area contributed by atoms with Crippen LogP contribution < -0.4 is 5.32 Å². The van der Waals surface area contributed by atoms with E-state index < -0.39 is 5.82 Å². The third kappa shape index (κ3) is 3.97. The summed E-state index contributed by atoms with van der Waals surface area (Å²) in [6.45, 7) is 0. The molecule has 0 atom stereocenters. The van der Waals surface area contributed by atoms with E-state index >= 15 is 0 Å². The SMILES string of the molecule is O=C(CCCc1c(-c2ccc3ccccc3n2)[nH]c2ccccc12)Nc1ccccc1F. The number of hydrogen-bond donors (Lipinski definition) is 2. The number of pyridine rings is 1. The maximum absolute atomic E-state index is 13.8. The maximum atomic E-state index is 13.8. The average Bonchev–Trinajstić information content (AvgIpc) is 3.19. The Balaban J connectivity index is 1.39. The van der Waals surface area contributed by atoms with Gasteiger partial charge in [-0.25, -0.2) is 9.37 Å². The zero-order chi connectivity index (χ0) is 21.9. The van der Waals surface area contributed by atoms with Gasteiger partial charge in [0.25, 0.3) is 0 Å². The summed E-state index contributed by atoms with van der Waals surface area (Å²) in [5.74, 6) is -0.623. The number of para-hydroxylation sites is 3. The lowest BCUT2D eigenvalue weighted by Crippen LogP contribution is -2.12. The Labute approximate surface area is 185 Å². The summed E-state index contributed by atoms with van der Waals surface area (Å²) >= 11 is 0. The van der Waals surface area contributed by atoms with E-state index in [9.17, 15) is 9.18 Å². The molecule has 0 aliphatic heterocycles. The number of nitrogens with one attached hydrogen (secondary N) is 2. The molecule has 2 heterocycles. The molecule has 0 radical (unpaired) electrons. The number of hydrogen-bond acceptors (Lipinski definition) is 2. The van der Waals surface area contributed by atoms with Crippen molar-refractivity contribution in [2.75, 3.05) is 5.32 Å². The van der Waals surface area contributed by atoms with Gasteiger partial charge in [0.05, 0.1) is 22.6 Å². The molecule has 0 aliphatic carbocycles. The molecule has 5 heteroatoms. The Morgan fingerprint density at radius 1 is 0.906 bits per heavy atom. The van der Waals surface area contributed by atoms with E-state index in [1.54, 1.807) is 18.2 Å². The number of amides is 1. The van der Waals surface area contributed by atoms with Crippen LogP contribution in [0.5, 0.6) is 0 Å². The molecule has 5 aromatic rings. The van der Waals surface area contributed by atoms with Crippen molar-refractivity contribution in [3.8, 4) is 11.4 Å². The Morgan fingerprint density at radius 2 is 1.69 bits per heavy atom. The van der Waals surface area contributed by atoms with Gasteiger partial charge >= 0.3 is 0 Å². The van der Waals surface area contributed by atoms with Gasteiger partial charge in [0.2, 0.25) is 5.91 Å². The molecule has 0 saturated heterocycles. The normalized spacial score (nSPS) is 11.2. The van der Waals surface area contributed by atoms with E-state index in [1.807, 2.05) is 48.5 Å². The largest absolute Gasteiger partial charge is 0.353 e. The fourth-order valence-corrected chi connectivity index (χ4v) is 4.08. The van der Waals surface area contributed by atoms with Crippen molar-refractivity contribution >= 4 is 33.4 Å². The topological polar surface area (TPSA) is 57.8 Å². The van der Waals surface area contributed by atoms with Gasteiger partial charge in [0, 0.05) is 22.7 Å². The number of aromatic nitrogens is 2. The lowest BCUT2D eigenvalue weighted by molar-refractivity contribution is -0.116. The number of benzene rings is 3. The molecule has 1 amide bonds. The monoisotopic (exact) mass is 423 g/mol. The number of aryl methyl sites for hydroxylation is 1. The highest BCUT2D eigenvalue weighted by molar-refractivity contribution is 5.92. The number of nitrogens with zero attached hydrogens (tertiary/aromatic N) is 1. The van der Waals surface area contributed by atoms with E-state index in [-0.39, 0.29) is 11.6 Å². The molecule has 0 saturated carbocycles. The molecule has 0 fully saturated rings. The number of anilines is 1. The number of halogens is 1. The van der Waals surface area contributed by atoms with Crippen LogP contribution in [0.4, 0.5) is 10.1 Å². The van der Waals surface area contributed by atoms with Gasteiger partial charge < -0.3 is 10.3 Å². The van der Waals surface area contributed by atoms with Crippen LogP contribution >= 0.6 is 0 Å². The van der Waals surface area contributed by atoms with Crippen molar-refractivity contribution in [2.45, 2.75) is 19.3 Å². The Bertz CT molecular complexity index is 1420. The lowest BCUT2D eigenvalue weighted by Gasteiger charge is -2.08. The predicted molar refractivity (Wildman–Crippen MR) is 127 cm³/mol. The number of fused-ring (bicyclic) bond motifs is 2. The number of H-pyrrole nitrogens is 1. The van der Waals surface area contributed by atoms with Gasteiger partial charge in [-0.15, -0.1) is 0 Å². The van der Waals surface area contributed by atoms with Crippen molar-refractivity contribution in [1.82, 2.24) is 9.97 Å². The van der Waals surface area contributed by atoms with Crippen molar-refractivity contribution < 1.29 is 9.18 Å². The molecule has 3 aromatic carbocycles. The van der Waals surface area contributed by atoms with Gasteiger partial charge in [-0.05, 0) is 48.7 Å². The zero-order valence-electron chi connectivity index (χ0n) is 17.4. The average molecular weight is 423 g/mol. The summed E-state index contributed by atoms with van der Waals surface area (Å²) in [7, 11) is 0. The molecule has 0 aliphatic rings. The smallest absolute Gasteiger partial charge is 0.224 e. The first-order valence-corrected chi connectivity index (χ1v) is 10.7. The summed E-state index contributed by atoms with van der Waals surface area (Å²) in [6.07, 6.45) is 1.65. The van der Waals surface area contributed by atoms with Crippen molar-refractivity contribution in [3.63, 3.8) is 0 Å². The van der Waals surface area contributed by atoms with Gasteiger partial charge in [-0.1, -0.05) is 54.6 Å². The molecule has 0 spiro atoms. The molecule has 0 unspecified atom stereocenters. The van der Waals surface area contributed by atoms with Gasteiger partial charge in [-0.3, -0.25) is 4.79 Å². The minimum absolute atomic E-state index is 0.194. The first-order valence-electron chi connectivity index (χ1n) is 10.7. The van der Waals surface area contributed by atoms with Gasteiger partial charge in [-0.2, -0.15) is 0 Å². The number of rotatable bonds is 6.